The Morgan fingerprint density at radius 2 is 1.49 bits per heavy atom. The predicted molar refractivity (Wildman–Crippen MR) is 126 cm³/mol. The Hall–Kier alpha value is -0.647. The summed E-state index contributed by atoms with van der Waals surface area (Å²) in [7, 11) is 10.4. The van der Waals surface area contributed by atoms with Crippen molar-refractivity contribution in [1.82, 2.24) is 20.5 Å². The Bertz CT molecular complexity index is 783. The first-order valence-corrected chi connectivity index (χ1v) is 11.5. The van der Waals surface area contributed by atoms with Gasteiger partial charge in [0, 0.05) is 100 Å². The van der Waals surface area contributed by atoms with E-state index in [1.807, 2.05) is 24.4 Å². The van der Waals surface area contributed by atoms with E-state index in [9.17, 15) is 14.4 Å². The van der Waals surface area contributed by atoms with Crippen LogP contribution in [-0.2, 0) is 103 Å². The van der Waals surface area contributed by atoms with Gasteiger partial charge in [0.05, 0.1) is 6.54 Å². The third-order valence-electron chi connectivity index (χ3n) is 3.19. The third-order valence-corrected chi connectivity index (χ3v) is 5.46. The maximum Gasteiger partial charge on any atom is 0.373 e. The minimum absolute atomic E-state index is 0. The number of hydrogen-bond acceptors (Lipinski definition) is 12. The maximum absolute atomic E-state index is 11.3. The molecule has 37 heavy (non-hydrogen) atoms. The average Bonchev–Trinajstić information content (AvgIpc) is 3.11. The Morgan fingerprint density at radius 1 is 0.973 bits per heavy atom. The van der Waals surface area contributed by atoms with E-state index in [4.69, 9.17) is 19.2 Å². The number of carbonyl (C=O) groups excluding carboxylic acids is 7. The molecule has 0 saturated carbocycles. The van der Waals surface area contributed by atoms with Gasteiger partial charge in [0.25, 0.3) is 11.8 Å². The van der Waals surface area contributed by atoms with Gasteiger partial charge in [-0.25, -0.2) is 4.98 Å². The summed E-state index contributed by atoms with van der Waals surface area (Å²) in [5, 5.41) is 6.58. The van der Waals surface area contributed by atoms with E-state index in [0.717, 1.165) is 22.2 Å². The summed E-state index contributed by atoms with van der Waals surface area (Å²) in [5.41, 5.74) is 0. The average molecular weight is 702 g/mol. The van der Waals surface area contributed by atoms with Crippen LogP contribution in [0.15, 0.2) is 41.6 Å². The number of nitrogens with zero attached hydrogens (tertiary/aromatic N) is 2. The zero-order valence-corrected chi connectivity index (χ0v) is 27.4. The molecule has 2 rings (SSSR count). The second-order valence-electron chi connectivity index (χ2n) is 5.48. The summed E-state index contributed by atoms with van der Waals surface area (Å²) in [6, 6.07) is 5.93. The zero-order chi connectivity index (χ0) is 25.3. The standard InChI is InChI=1S/C10H13N2O3.C8H11N2S2.2CO2.CH3.2V.Y/c1-11-6-2-3-8(13)7-12-9(14)4-5-10(12)15;1-9-6-7-11-12-8-4-2-3-5-10-8;2*2-1-3;;;;/h4-5,11H,1-3,6-7H2;2-5,9H,1,6-7H2;;;1H3;;;/q2*-1;;;-1;;;. The van der Waals surface area contributed by atoms with Crippen LogP contribution in [-0.4, -0.2) is 65.2 Å². The molecule has 2 amide bonds. The van der Waals surface area contributed by atoms with Crippen LogP contribution in [0, 0.1) is 21.5 Å². The van der Waals surface area contributed by atoms with Crippen LogP contribution in [0.2, 0.25) is 0 Å². The van der Waals surface area contributed by atoms with Gasteiger partial charge in [0.15, 0.2) is 5.78 Å². The summed E-state index contributed by atoms with van der Waals surface area (Å²) in [6.07, 6.45) is 5.66. The van der Waals surface area contributed by atoms with E-state index < -0.39 is 11.8 Å². The fraction of sp³-hybridized carbons (Fsp3) is 0.286. The zero-order valence-electron chi connectivity index (χ0n) is 20.2. The van der Waals surface area contributed by atoms with Crippen LogP contribution in [0.25, 0.3) is 0 Å². The molecule has 1 aliphatic rings. The molecule has 0 spiro atoms. The van der Waals surface area contributed by atoms with Gasteiger partial charge >= 0.3 is 12.3 Å². The van der Waals surface area contributed by atoms with Crippen molar-refractivity contribution < 1.29 is 103 Å². The van der Waals surface area contributed by atoms with Crippen molar-refractivity contribution in [1.29, 1.82) is 0 Å². The largest absolute Gasteiger partial charge is 0.473 e. The molecule has 1 aromatic heterocycles. The molecule has 11 nitrogen and oxygen atoms in total. The number of ketones is 1. The monoisotopic (exact) mass is 702 g/mol. The molecule has 0 saturated heterocycles. The van der Waals surface area contributed by atoms with E-state index in [-0.39, 0.29) is 102 Å². The number of carbonyl (C=O) groups is 3. The van der Waals surface area contributed by atoms with Gasteiger partial charge in [0.2, 0.25) is 0 Å². The number of amides is 2. The normalized spacial score (nSPS) is 9.84. The topological polar surface area (TPSA) is 160 Å². The minimum Gasteiger partial charge on any atom is -0.473 e. The fourth-order valence-corrected chi connectivity index (χ4v) is 3.69. The summed E-state index contributed by atoms with van der Waals surface area (Å²) in [4.78, 5) is 71.2. The summed E-state index contributed by atoms with van der Waals surface area (Å²) >= 11 is 0. The first-order chi connectivity index (χ1) is 15.9. The number of nitrogens with one attached hydrogen (secondary N) is 2. The van der Waals surface area contributed by atoms with Crippen LogP contribution < -0.4 is 10.6 Å². The summed E-state index contributed by atoms with van der Waals surface area (Å²) in [6.45, 7) is 1.46. The Balaban J connectivity index is -0.0000000992. The fourth-order valence-electron chi connectivity index (χ4n) is 1.87. The Labute approximate surface area is 274 Å². The van der Waals surface area contributed by atoms with Crippen LogP contribution in [0.4, 0.5) is 0 Å². The van der Waals surface area contributed by atoms with Crippen molar-refractivity contribution in [3.05, 3.63) is 58.1 Å². The van der Waals surface area contributed by atoms with Gasteiger partial charge in [-0.2, -0.15) is 19.2 Å². The molecule has 0 unspecified atom stereocenters. The molecule has 201 valence electrons. The number of imide groups is 1. The smallest absolute Gasteiger partial charge is 0.373 e. The number of rotatable bonds is 11. The molecule has 0 bridgehead atoms. The maximum atomic E-state index is 11.3. The van der Waals surface area contributed by atoms with E-state index in [2.05, 4.69) is 29.7 Å². The molecule has 1 aromatic rings. The molecule has 2 heterocycles. The molecule has 0 atom stereocenters. The van der Waals surface area contributed by atoms with Gasteiger partial charge in [-0.1, -0.05) is 16.9 Å². The second kappa shape index (κ2) is 37.5. The van der Waals surface area contributed by atoms with E-state index >= 15 is 0 Å². The number of Topliss-reactive ketones (excluding diaryl/α,β-unsaturated/α-hetero) is 1. The van der Waals surface area contributed by atoms with Crippen LogP contribution in [0.3, 0.4) is 0 Å². The van der Waals surface area contributed by atoms with Crippen LogP contribution >= 0.6 is 21.6 Å². The molecule has 2 N–H and O–H groups in total. The van der Waals surface area contributed by atoms with Gasteiger partial charge in [0.1, 0.15) is 5.03 Å². The van der Waals surface area contributed by atoms with Gasteiger partial charge in [-0.3, -0.25) is 33.4 Å². The molecule has 0 aromatic carbocycles. The van der Waals surface area contributed by atoms with Gasteiger partial charge in [-0.05, 0) is 42.4 Å². The second-order valence-corrected chi connectivity index (χ2v) is 7.91. The molecule has 3 radical (unpaired) electrons. The molecule has 1 aliphatic heterocycles. The van der Waals surface area contributed by atoms with Crippen LogP contribution in [0.1, 0.15) is 12.8 Å². The minimum atomic E-state index is -0.413. The molecular weight excluding hydrogens is 675 g/mol. The number of hydrogen-bond donors (Lipinski definition) is 2. The quantitative estimate of drug-likeness (QED) is 0.147. The van der Waals surface area contributed by atoms with Crippen molar-refractivity contribution in [3.63, 3.8) is 0 Å². The van der Waals surface area contributed by atoms with Crippen molar-refractivity contribution in [2.75, 3.05) is 25.4 Å². The van der Waals surface area contributed by atoms with Crippen molar-refractivity contribution in [2.45, 2.75) is 17.9 Å². The molecule has 0 aliphatic carbocycles. The molecular formula is C21H27N4O7S2V2Y-3. The van der Waals surface area contributed by atoms with Crippen molar-refractivity contribution in [2.24, 2.45) is 0 Å². The third kappa shape index (κ3) is 31.5. The first-order valence-electron chi connectivity index (χ1n) is 9.15. The number of aromatic nitrogens is 1. The SMILES string of the molecule is O=C=O.O=C=O.[CH2-]NCCCC(=O)CN1C(=O)C=CC1=O.[CH2-]NCCSSc1ccccn1.[CH3-].[V].[V].[Y]. The Morgan fingerprint density at radius 3 is 1.92 bits per heavy atom. The van der Waals surface area contributed by atoms with Crippen LogP contribution in [0.5, 0.6) is 0 Å². The summed E-state index contributed by atoms with van der Waals surface area (Å²) in [5.74, 6) is 0.105. The van der Waals surface area contributed by atoms with E-state index in [1.54, 1.807) is 21.6 Å². The Kier molecular flexibility index (Phi) is 50.0. The van der Waals surface area contributed by atoms with E-state index in [1.165, 1.54) is 12.2 Å². The van der Waals surface area contributed by atoms with Gasteiger partial charge in [-0.15, -0.1) is 0 Å². The van der Waals surface area contributed by atoms with Crippen molar-refractivity contribution >= 4 is 51.5 Å². The summed E-state index contributed by atoms with van der Waals surface area (Å²) < 4.78 is 0. The van der Waals surface area contributed by atoms with Gasteiger partial charge < -0.3 is 18.1 Å². The first kappa shape index (κ1) is 49.3. The molecule has 0 fully saturated rings. The number of pyridine rings is 1. The van der Waals surface area contributed by atoms with Crippen molar-refractivity contribution in [3.8, 4) is 0 Å². The predicted octanol–water partition coefficient (Wildman–Crippen LogP) is 1.12. The van der Waals surface area contributed by atoms with E-state index in [0.29, 0.717) is 19.4 Å². The molecule has 16 heteroatoms.